The third-order valence-corrected chi connectivity index (χ3v) is 6.76. The highest BCUT2D eigenvalue weighted by Crippen LogP contribution is 2.34. The topological polar surface area (TPSA) is 84.5 Å². The van der Waals surface area contributed by atoms with Gasteiger partial charge >= 0.3 is 0 Å². The van der Waals surface area contributed by atoms with E-state index in [0.29, 0.717) is 23.3 Å². The lowest BCUT2D eigenvalue weighted by Crippen LogP contribution is -2.45. The molecule has 2 rings (SSSR count). The number of carbonyl (C=O) groups excluding carboxylic acids is 1. The van der Waals surface area contributed by atoms with E-state index in [0.717, 1.165) is 12.8 Å². The van der Waals surface area contributed by atoms with E-state index in [-0.39, 0.29) is 22.6 Å². The van der Waals surface area contributed by atoms with E-state index in [1.165, 1.54) is 32.7 Å². The van der Waals surface area contributed by atoms with Crippen molar-refractivity contribution >= 4 is 15.9 Å². The maximum absolute atomic E-state index is 12.8. The summed E-state index contributed by atoms with van der Waals surface area (Å²) < 4.78 is 31.8. The van der Waals surface area contributed by atoms with Crippen molar-refractivity contribution in [1.29, 1.82) is 0 Å². The van der Waals surface area contributed by atoms with Crippen LogP contribution < -0.4 is 14.8 Å². The third kappa shape index (κ3) is 4.57. The van der Waals surface area contributed by atoms with Gasteiger partial charge in [-0.1, -0.05) is 27.2 Å². The van der Waals surface area contributed by atoms with E-state index < -0.39 is 10.0 Å². The summed E-state index contributed by atoms with van der Waals surface area (Å²) in [5, 5.41) is 3.14. The fourth-order valence-electron chi connectivity index (χ4n) is 3.76. The van der Waals surface area contributed by atoms with Gasteiger partial charge in [-0.25, -0.2) is 13.1 Å². The number of benzene rings is 1. The van der Waals surface area contributed by atoms with Crippen molar-refractivity contribution in [1.82, 2.24) is 10.0 Å². The molecule has 1 fully saturated rings. The first kappa shape index (κ1) is 20.7. The molecule has 0 radical (unpaired) electrons. The summed E-state index contributed by atoms with van der Waals surface area (Å²) in [6.45, 7) is 6.58. The molecule has 0 bridgehead atoms. The Labute approximate surface area is 156 Å². The fraction of sp³-hybridized carbons (Fsp3) is 0.632. The number of hydrogen-bond acceptors (Lipinski definition) is 4. The van der Waals surface area contributed by atoms with E-state index in [2.05, 4.69) is 30.8 Å². The first-order valence-corrected chi connectivity index (χ1v) is 10.6. The highest BCUT2D eigenvalue weighted by Gasteiger charge is 2.32. The minimum atomic E-state index is -3.72. The summed E-state index contributed by atoms with van der Waals surface area (Å²) in [6, 6.07) is 4.59. The number of methoxy groups -OCH3 is 1. The van der Waals surface area contributed by atoms with E-state index in [4.69, 9.17) is 4.74 Å². The Bertz CT molecular complexity index is 746. The Morgan fingerprint density at radius 3 is 2.54 bits per heavy atom. The first-order valence-electron chi connectivity index (χ1n) is 9.12. The van der Waals surface area contributed by atoms with E-state index >= 15 is 0 Å². The largest absolute Gasteiger partial charge is 0.495 e. The molecule has 1 saturated carbocycles. The minimum Gasteiger partial charge on any atom is -0.495 e. The smallest absolute Gasteiger partial charge is 0.251 e. The van der Waals surface area contributed by atoms with Gasteiger partial charge in [0.05, 0.1) is 7.11 Å². The number of amides is 1. The second-order valence-electron chi connectivity index (χ2n) is 7.48. The van der Waals surface area contributed by atoms with Crippen LogP contribution >= 0.6 is 0 Å². The van der Waals surface area contributed by atoms with Crippen LogP contribution in [0.4, 0.5) is 0 Å². The fourth-order valence-corrected chi connectivity index (χ4v) is 4.68. The van der Waals surface area contributed by atoms with Gasteiger partial charge in [-0.3, -0.25) is 4.79 Å². The first-order chi connectivity index (χ1) is 12.2. The lowest BCUT2D eigenvalue weighted by Gasteiger charge is -2.37. The molecule has 1 aromatic carbocycles. The van der Waals surface area contributed by atoms with Crippen molar-refractivity contribution in [2.75, 3.05) is 14.2 Å². The molecule has 0 heterocycles. The predicted molar refractivity (Wildman–Crippen MR) is 102 cm³/mol. The number of sulfonamides is 1. The van der Waals surface area contributed by atoms with Crippen LogP contribution in [0.5, 0.6) is 5.75 Å². The Morgan fingerprint density at radius 2 is 1.96 bits per heavy atom. The number of hydrogen-bond donors (Lipinski definition) is 2. The number of carbonyl (C=O) groups is 1. The molecule has 1 aromatic rings. The van der Waals surface area contributed by atoms with Crippen LogP contribution in [0, 0.1) is 17.8 Å². The number of rotatable bonds is 6. The molecule has 2 N–H and O–H groups in total. The zero-order valence-corrected chi connectivity index (χ0v) is 17.0. The zero-order valence-electron chi connectivity index (χ0n) is 16.2. The number of ether oxygens (including phenoxy) is 1. The molecule has 0 aromatic heterocycles. The SMILES string of the molecule is CNS(=O)(=O)c1cc(C(=O)NC2CC(C)CCC2C(C)C)ccc1OC. The molecule has 26 heavy (non-hydrogen) atoms. The van der Waals surface area contributed by atoms with Crippen LogP contribution in [0.2, 0.25) is 0 Å². The van der Waals surface area contributed by atoms with Crippen molar-refractivity contribution in [2.45, 2.75) is 51.0 Å². The molecular formula is C19H30N2O4S. The van der Waals surface area contributed by atoms with Crippen molar-refractivity contribution in [2.24, 2.45) is 17.8 Å². The van der Waals surface area contributed by atoms with Crippen molar-refractivity contribution in [3.8, 4) is 5.75 Å². The van der Waals surface area contributed by atoms with Crippen molar-refractivity contribution in [3.05, 3.63) is 23.8 Å². The number of nitrogens with one attached hydrogen (secondary N) is 2. The summed E-state index contributed by atoms with van der Waals surface area (Å²) >= 11 is 0. The van der Waals surface area contributed by atoms with Gasteiger partial charge in [0.25, 0.3) is 5.91 Å². The Kier molecular flexibility index (Phi) is 6.69. The van der Waals surface area contributed by atoms with Gasteiger partial charge in [0, 0.05) is 11.6 Å². The molecule has 0 spiro atoms. The van der Waals surface area contributed by atoms with E-state index in [1.54, 1.807) is 6.07 Å². The Balaban J connectivity index is 2.27. The lowest BCUT2D eigenvalue weighted by atomic mass is 9.74. The van der Waals surface area contributed by atoms with Crippen molar-refractivity contribution < 1.29 is 17.9 Å². The van der Waals surface area contributed by atoms with Crippen LogP contribution in [-0.2, 0) is 10.0 Å². The highest BCUT2D eigenvalue weighted by atomic mass is 32.2. The Morgan fingerprint density at radius 1 is 1.27 bits per heavy atom. The maximum Gasteiger partial charge on any atom is 0.251 e. The Hall–Kier alpha value is -1.60. The van der Waals surface area contributed by atoms with E-state index in [1.807, 2.05) is 0 Å². The second-order valence-corrected chi connectivity index (χ2v) is 9.33. The van der Waals surface area contributed by atoms with E-state index in [9.17, 15) is 13.2 Å². The lowest BCUT2D eigenvalue weighted by molar-refractivity contribution is 0.0867. The normalized spacial score (nSPS) is 23.7. The van der Waals surface area contributed by atoms with Crippen LogP contribution in [0.25, 0.3) is 0 Å². The van der Waals surface area contributed by atoms with Crippen LogP contribution in [-0.4, -0.2) is 34.5 Å². The molecule has 0 aliphatic heterocycles. The summed E-state index contributed by atoms with van der Waals surface area (Å²) in [4.78, 5) is 12.8. The summed E-state index contributed by atoms with van der Waals surface area (Å²) in [7, 11) is -0.983. The van der Waals surface area contributed by atoms with Gasteiger partial charge < -0.3 is 10.1 Å². The van der Waals surface area contributed by atoms with Gasteiger partial charge in [-0.05, 0) is 55.8 Å². The van der Waals surface area contributed by atoms with Gasteiger partial charge in [0.2, 0.25) is 10.0 Å². The van der Waals surface area contributed by atoms with Crippen molar-refractivity contribution in [3.63, 3.8) is 0 Å². The van der Waals surface area contributed by atoms with Gasteiger partial charge in [-0.15, -0.1) is 0 Å². The van der Waals surface area contributed by atoms with Crippen LogP contribution in [0.1, 0.15) is 50.4 Å². The van der Waals surface area contributed by atoms with Gasteiger partial charge in [0.1, 0.15) is 10.6 Å². The summed E-state index contributed by atoms with van der Waals surface area (Å²) in [6.07, 6.45) is 3.24. The molecule has 146 valence electrons. The molecule has 7 heteroatoms. The third-order valence-electron chi connectivity index (χ3n) is 5.32. The second kappa shape index (κ2) is 8.39. The molecule has 3 atom stereocenters. The maximum atomic E-state index is 12.8. The average molecular weight is 383 g/mol. The average Bonchev–Trinajstić information content (AvgIpc) is 2.60. The minimum absolute atomic E-state index is 0.0347. The van der Waals surface area contributed by atoms with Gasteiger partial charge in [0.15, 0.2) is 0 Å². The molecule has 3 unspecified atom stereocenters. The monoisotopic (exact) mass is 382 g/mol. The van der Waals surface area contributed by atoms with Crippen LogP contribution in [0.3, 0.4) is 0 Å². The molecular weight excluding hydrogens is 352 g/mol. The summed E-state index contributed by atoms with van der Waals surface area (Å²) in [5.41, 5.74) is 0.320. The molecule has 6 nitrogen and oxygen atoms in total. The standard InChI is InChI=1S/C19H30N2O4S/c1-12(2)15-8-6-13(3)10-16(15)21-19(22)14-7-9-17(25-5)18(11-14)26(23,24)20-4/h7,9,11-13,15-16,20H,6,8,10H2,1-5H3,(H,21,22). The van der Waals surface area contributed by atoms with Gasteiger partial charge in [-0.2, -0.15) is 0 Å². The predicted octanol–water partition coefficient (Wildman–Crippen LogP) is 2.79. The summed E-state index contributed by atoms with van der Waals surface area (Å²) in [5.74, 6) is 1.47. The molecule has 1 aliphatic carbocycles. The highest BCUT2D eigenvalue weighted by molar-refractivity contribution is 7.89. The molecule has 0 saturated heterocycles. The molecule has 1 aliphatic rings. The van der Waals surface area contributed by atoms with Crippen LogP contribution in [0.15, 0.2) is 23.1 Å². The molecule has 1 amide bonds. The zero-order chi connectivity index (χ0) is 19.5. The quantitative estimate of drug-likeness (QED) is 0.792.